The Bertz CT molecular complexity index is 526. The summed E-state index contributed by atoms with van der Waals surface area (Å²) in [7, 11) is 1.71. The molecule has 1 N–H and O–H groups in total. The molecule has 1 aromatic rings. The number of piperazine rings is 1. The van der Waals surface area contributed by atoms with E-state index in [-0.39, 0.29) is 18.1 Å². The third-order valence-electron chi connectivity index (χ3n) is 4.77. The Morgan fingerprint density at radius 3 is 2.59 bits per heavy atom. The summed E-state index contributed by atoms with van der Waals surface area (Å²) in [5.74, 6) is 0.226. The minimum Gasteiger partial charge on any atom is -0.380 e. The Kier molecular flexibility index (Phi) is 4.64. The van der Waals surface area contributed by atoms with Crippen LogP contribution in [0, 0.1) is 6.92 Å². The van der Waals surface area contributed by atoms with E-state index in [1.807, 2.05) is 4.90 Å². The van der Waals surface area contributed by atoms with Crippen molar-refractivity contribution in [2.24, 2.45) is 0 Å². The Morgan fingerprint density at radius 1 is 1.23 bits per heavy atom. The molecule has 0 aromatic heterocycles. The molecule has 2 aliphatic rings. The van der Waals surface area contributed by atoms with Crippen LogP contribution in [0.2, 0.25) is 0 Å². The zero-order valence-electron chi connectivity index (χ0n) is 13.4. The molecule has 0 unspecified atom stereocenters. The zero-order chi connectivity index (χ0) is 15.5. The monoisotopic (exact) mass is 303 g/mol. The van der Waals surface area contributed by atoms with Crippen molar-refractivity contribution in [3.8, 4) is 0 Å². The van der Waals surface area contributed by atoms with Crippen LogP contribution in [-0.2, 0) is 9.53 Å². The normalized spacial score (nSPS) is 25.5. The van der Waals surface area contributed by atoms with Crippen LogP contribution in [-0.4, -0.2) is 62.8 Å². The highest BCUT2D eigenvalue weighted by Crippen LogP contribution is 2.21. The van der Waals surface area contributed by atoms with Crippen molar-refractivity contribution < 1.29 is 9.53 Å². The minimum absolute atomic E-state index is 0.0741. The highest BCUT2D eigenvalue weighted by Gasteiger charge is 2.33. The summed E-state index contributed by atoms with van der Waals surface area (Å²) in [4.78, 5) is 16.9. The Balaban J connectivity index is 1.56. The van der Waals surface area contributed by atoms with Crippen molar-refractivity contribution >= 4 is 11.6 Å². The predicted molar refractivity (Wildman–Crippen MR) is 87.2 cm³/mol. The lowest BCUT2D eigenvalue weighted by Crippen LogP contribution is -2.53. The minimum atomic E-state index is -0.0741. The number of benzene rings is 1. The van der Waals surface area contributed by atoms with Gasteiger partial charge in [0.05, 0.1) is 12.1 Å². The summed E-state index contributed by atoms with van der Waals surface area (Å²) in [6.07, 6.45) is 0.954. The molecule has 0 saturated carbocycles. The van der Waals surface area contributed by atoms with Crippen molar-refractivity contribution in [1.29, 1.82) is 0 Å². The lowest BCUT2D eigenvalue weighted by Gasteiger charge is -2.37. The third kappa shape index (κ3) is 3.10. The number of carbonyl (C=O) groups excluding carboxylic acids is 1. The number of aryl methyl sites for hydroxylation is 1. The van der Waals surface area contributed by atoms with Gasteiger partial charge < -0.3 is 19.9 Å². The maximum Gasteiger partial charge on any atom is 0.239 e. The molecular weight excluding hydrogens is 278 g/mol. The summed E-state index contributed by atoms with van der Waals surface area (Å²) in [6.45, 7) is 6.30. The molecule has 0 radical (unpaired) electrons. The zero-order valence-corrected chi connectivity index (χ0v) is 13.4. The summed E-state index contributed by atoms with van der Waals surface area (Å²) in [5, 5.41) is 3.28. The van der Waals surface area contributed by atoms with Gasteiger partial charge in [-0.15, -0.1) is 0 Å². The average molecular weight is 303 g/mol. The number of para-hydroxylation sites is 1. The van der Waals surface area contributed by atoms with Crippen LogP contribution in [0.3, 0.4) is 0 Å². The number of hydrogen-bond acceptors (Lipinski definition) is 4. The van der Waals surface area contributed by atoms with Gasteiger partial charge in [-0.2, -0.15) is 0 Å². The van der Waals surface area contributed by atoms with Gasteiger partial charge >= 0.3 is 0 Å². The molecule has 0 bridgehead atoms. The van der Waals surface area contributed by atoms with Crippen molar-refractivity contribution in [3.05, 3.63) is 29.8 Å². The van der Waals surface area contributed by atoms with Crippen molar-refractivity contribution in [1.82, 2.24) is 10.2 Å². The van der Waals surface area contributed by atoms with Gasteiger partial charge in [0.25, 0.3) is 0 Å². The molecule has 120 valence electrons. The summed E-state index contributed by atoms with van der Waals surface area (Å²) in [5.41, 5.74) is 2.58. The highest BCUT2D eigenvalue weighted by molar-refractivity contribution is 5.82. The molecule has 5 heteroatoms. The first-order valence-corrected chi connectivity index (χ1v) is 8.04. The highest BCUT2D eigenvalue weighted by atomic mass is 16.5. The summed E-state index contributed by atoms with van der Waals surface area (Å²) >= 11 is 0. The van der Waals surface area contributed by atoms with E-state index in [0.29, 0.717) is 0 Å². The molecule has 1 aromatic carbocycles. The van der Waals surface area contributed by atoms with Crippen molar-refractivity contribution in [3.63, 3.8) is 0 Å². The molecule has 1 amide bonds. The number of carbonyl (C=O) groups is 1. The fourth-order valence-corrected chi connectivity index (χ4v) is 3.38. The predicted octanol–water partition coefficient (Wildman–Crippen LogP) is 1.02. The quantitative estimate of drug-likeness (QED) is 0.905. The third-order valence-corrected chi connectivity index (χ3v) is 4.77. The van der Waals surface area contributed by atoms with Crippen LogP contribution >= 0.6 is 0 Å². The topological polar surface area (TPSA) is 44.8 Å². The second-order valence-corrected chi connectivity index (χ2v) is 6.15. The van der Waals surface area contributed by atoms with E-state index in [1.165, 1.54) is 11.3 Å². The maximum atomic E-state index is 12.6. The van der Waals surface area contributed by atoms with E-state index in [9.17, 15) is 4.79 Å². The molecule has 0 spiro atoms. The largest absolute Gasteiger partial charge is 0.380 e. The number of ether oxygens (including phenoxy) is 1. The van der Waals surface area contributed by atoms with E-state index >= 15 is 0 Å². The average Bonchev–Trinajstić information content (AvgIpc) is 3.04. The molecule has 2 heterocycles. The van der Waals surface area contributed by atoms with E-state index in [1.54, 1.807) is 7.11 Å². The Morgan fingerprint density at radius 2 is 1.95 bits per heavy atom. The molecule has 5 nitrogen and oxygen atoms in total. The lowest BCUT2D eigenvalue weighted by molar-refractivity contribution is -0.133. The van der Waals surface area contributed by atoms with Crippen LogP contribution in [0.15, 0.2) is 24.3 Å². The first-order valence-electron chi connectivity index (χ1n) is 8.04. The van der Waals surface area contributed by atoms with Crippen LogP contribution in [0.4, 0.5) is 5.69 Å². The fourth-order valence-electron chi connectivity index (χ4n) is 3.38. The molecule has 2 aliphatic heterocycles. The van der Waals surface area contributed by atoms with Crippen LogP contribution in [0.25, 0.3) is 0 Å². The van der Waals surface area contributed by atoms with Gasteiger partial charge in [-0.1, -0.05) is 18.2 Å². The van der Waals surface area contributed by atoms with Gasteiger partial charge in [0.2, 0.25) is 5.91 Å². The van der Waals surface area contributed by atoms with Gasteiger partial charge in [-0.3, -0.25) is 4.79 Å². The fraction of sp³-hybridized carbons (Fsp3) is 0.588. The summed E-state index contributed by atoms with van der Waals surface area (Å²) in [6, 6.07) is 8.37. The Labute approximate surface area is 132 Å². The van der Waals surface area contributed by atoms with Gasteiger partial charge in [0.15, 0.2) is 0 Å². The SMILES string of the molecule is CO[C@@H]1CN[C@H](C(=O)N2CCN(c3ccccc3C)CC2)C1. The van der Waals surface area contributed by atoms with Crippen LogP contribution in [0.1, 0.15) is 12.0 Å². The standard InChI is InChI=1S/C17H25N3O2/c1-13-5-3-4-6-16(13)19-7-9-20(10-8-19)17(21)15-11-14(22-2)12-18-15/h3-6,14-15,18H,7-12H2,1-2H3/t14-,15-/m0/s1. The first kappa shape index (κ1) is 15.3. The van der Waals surface area contributed by atoms with E-state index < -0.39 is 0 Å². The molecule has 3 rings (SSSR count). The van der Waals surface area contributed by atoms with E-state index in [4.69, 9.17) is 4.74 Å². The number of methoxy groups -OCH3 is 1. The number of anilines is 1. The Hall–Kier alpha value is -1.59. The second-order valence-electron chi connectivity index (χ2n) is 6.15. The number of nitrogens with one attached hydrogen (secondary N) is 1. The number of nitrogens with zero attached hydrogens (tertiary/aromatic N) is 2. The molecule has 0 aliphatic carbocycles. The van der Waals surface area contributed by atoms with Gasteiger partial charge in [0, 0.05) is 45.5 Å². The lowest BCUT2D eigenvalue weighted by atomic mass is 10.1. The number of hydrogen-bond donors (Lipinski definition) is 1. The van der Waals surface area contributed by atoms with E-state index in [0.717, 1.165) is 39.1 Å². The van der Waals surface area contributed by atoms with Crippen LogP contribution in [0.5, 0.6) is 0 Å². The molecule has 2 atom stereocenters. The smallest absolute Gasteiger partial charge is 0.239 e. The van der Waals surface area contributed by atoms with Gasteiger partial charge in [-0.25, -0.2) is 0 Å². The van der Waals surface area contributed by atoms with Gasteiger partial charge in [0.1, 0.15) is 0 Å². The molecule has 2 saturated heterocycles. The van der Waals surface area contributed by atoms with E-state index in [2.05, 4.69) is 41.4 Å². The van der Waals surface area contributed by atoms with Gasteiger partial charge in [-0.05, 0) is 25.0 Å². The number of amides is 1. The molecule has 22 heavy (non-hydrogen) atoms. The number of rotatable bonds is 3. The first-order chi connectivity index (χ1) is 10.7. The molecule has 2 fully saturated rings. The van der Waals surface area contributed by atoms with Crippen molar-refractivity contribution in [2.45, 2.75) is 25.5 Å². The molecular formula is C17H25N3O2. The maximum absolute atomic E-state index is 12.6. The second kappa shape index (κ2) is 6.67. The van der Waals surface area contributed by atoms with Crippen molar-refractivity contribution in [2.75, 3.05) is 44.7 Å². The summed E-state index contributed by atoms with van der Waals surface area (Å²) < 4.78 is 5.33. The van der Waals surface area contributed by atoms with Crippen LogP contribution < -0.4 is 10.2 Å².